The summed E-state index contributed by atoms with van der Waals surface area (Å²) in [5.74, 6) is -2.15. The molecule has 1 aliphatic heterocycles. The van der Waals surface area contributed by atoms with Crippen molar-refractivity contribution in [2.45, 2.75) is 6.54 Å². The molecule has 2 aromatic rings. The molecule has 0 radical (unpaired) electrons. The van der Waals surface area contributed by atoms with E-state index in [0.717, 1.165) is 6.07 Å². The van der Waals surface area contributed by atoms with Crippen LogP contribution in [-0.4, -0.2) is 31.6 Å². The van der Waals surface area contributed by atoms with Crippen molar-refractivity contribution in [3.05, 3.63) is 47.5 Å². The maximum absolute atomic E-state index is 14.4. The van der Waals surface area contributed by atoms with Crippen LogP contribution >= 0.6 is 11.0 Å². The molecule has 0 bridgehead atoms. The van der Waals surface area contributed by atoms with Crippen molar-refractivity contribution in [3.63, 3.8) is 0 Å². The van der Waals surface area contributed by atoms with Gasteiger partial charge in [0, 0.05) is 12.7 Å². The van der Waals surface area contributed by atoms with Gasteiger partial charge >= 0.3 is 0 Å². The summed E-state index contributed by atoms with van der Waals surface area (Å²) in [5, 5.41) is 21.9. The molecular weight excluding hydrogens is 365 g/mol. The summed E-state index contributed by atoms with van der Waals surface area (Å²) in [6.45, 7) is -0.369. The lowest BCUT2D eigenvalue weighted by Gasteiger charge is -2.36. The number of benzene rings is 1. The van der Waals surface area contributed by atoms with Crippen LogP contribution in [0, 0.1) is 17.1 Å². The van der Waals surface area contributed by atoms with Gasteiger partial charge in [0.05, 0.1) is 17.4 Å². The number of carbonyl (C=O) groups is 1. The van der Waals surface area contributed by atoms with Gasteiger partial charge in [-0.2, -0.15) is 5.26 Å². The number of nitrogens with one attached hydrogen (secondary N) is 2. The Kier molecular flexibility index (Phi) is 4.56. The monoisotopic (exact) mass is 379 g/mol. The molecule has 0 spiro atoms. The summed E-state index contributed by atoms with van der Waals surface area (Å²) in [6.07, 6.45) is 2.89. The summed E-state index contributed by atoms with van der Waals surface area (Å²) in [4.78, 5) is 15.2. The second-order valence-electron chi connectivity index (χ2n) is 5.45. The van der Waals surface area contributed by atoms with E-state index >= 15 is 0 Å². The Morgan fingerprint density at radius 1 is 1.38 bits per heavy atom. The quantitative estimate of drug-likeness (QED) is 0.542. The second kappa shape index (κ2) is 6.68. The molecule has 26 heavy (non-hydrogen) atoms. The van der Waals surface area contributed by atoms with Crippen molar-refractivity contribution >= 4 is 28.2 Å². The van der Waals surface area contributed by atoms with Gasteiger partial charge in [0.1, 0.15) is 24.1 Å². The number of aromatic hydroxyl groups is 1. The van der Waals surface area contributed by atoms with Gasteiger partial charge in [0.2, 0.25) is 0 Å². The fourth-order valence-corrected chi connectivity index (χ4v) is 3.67. The predicted octanol–water partition coefficient (Wildman–Crippen LogP) is 1.93. The molecule has 1 aliphatic rings. The number of carbonyl (C=O) groups excluding carboxylic acids is 1. The van der Waals surface area contributed by atoms with Gasteiger partial charge in [0.15, 0.2) is 5.82 Å². The molecule has 11 heteroatoms. The number of nitrogens with zero attached hydrogens (tertiary/aromatic N) is 3. The van der Waals surface area contributed by atoms with E-state index in [0.29, 0.717) is 21.1 Å². The van der Waals surface area contributed by atoms with Gasteiger partial charge in [-0.3, -0.25) is 18.9 Å². The van der Waals surface area contributed by atoms with Gasteiger partial charge in [0.25, 0.3) is 5.91 Å². The number of anilines is 2. The van der Waals surface area contributed by atoms with Crippen LogP contribution in [0.2, 0.25) is 0 Å². The maximum atomic E-state index is 14.4. The highest BCUT2D eigenvalue weighted by Gasteiger charge is 2.37. The number of hydrogen-bond donors (Lipinski definition) is 5. The number of amides is 1. The third kappa shape index (κ3) is 3.47. The molecular formula is C15H14FN5O4S. The van der Waals surface area contributed by atoms with E-state index in [1.54, 1.807) is 6.07 Å². The van der Waals surface area contributed by atoms with Crippen LogP contribution in [-0.2, 0) is 11.3 Å². The summed E-state index contributed by atoms with van der Waals surface area (Å²) >= 11 is 0. The summed E-state index contributed by atoms with van der Waals surface area (Å²) in [5.41, 5.74) is 0.786. The molecule has 1 aromatic heterocycles. The molecule has 0 atom stereocenters. The standard InChI is InChI=1S/C15H14FN5O4S/c16-12-2-9(6-19-11-1-10(4-17)5-18-7-11)3-13(22)15(12)21-8-14(23)20-26(21,24)25/h1-3,5,7,19,22,24-25H,6,8H2,(H,20,23). The van der Waals surface area contributed by atoms with Crippen LogP contribution in [0.1, 0.15) is 11.1 Å². The smallest absolute Gasteiger partial charge is 0.260 e. The van der Waals surface area contributed by atoms with Crippen LogP contribution in [0.5, 0.6) is 5.75 Å². The van der Waals surface area contributed by atoms with Gasteiger partial charge in [-0.1, -0.05) is 0 Å². The molecule has 1 amide bonds. The molecule has 1 saturated heterocycles. The topological polar surface area (TPSA) is 142 Å². The number of pyridine rings is 1. The first-order valence-corrected chi connectivity index (χ1v) is 8.77. The molecule has 2 heterocycles. The number of halogens is 1. The van der Waals surface area contributed by atoms with Crippen molar-refractivity contribution < 1.29 is 23.4 Å². The first-order chi connectivity index (χ1) is 12.3. The first kappa shape index (κ1) is 17.7. The van der Waals surface area contributed by atoms with E-state index in [9.17, 15) is 23.4 Å². The van der Waals surface area contributed by atoms with Crippen LogP contribution in [0.4, 0.5) is 15.8 Å². The zero-order valence-corrected chi connectivity index (χ0v) is 14.0. The minimum atomic E-state index is -3.73. The minimum absolute atomic E-state index is 0.120. The highest BCUT2D eigenvalue weighted by Crippen LogP contribution is 2.49. The van der Waals surface area contributed by atoms with Gasteiger partial charge in [-0.05, 0) is 34.7 Å². The van der Waals surface area contributed by atoms with Gasteiger partial charge in [-0.15, -0.1) is 0 Å². The molecule has 9 nitrogen and oxygen atoms in total. The highest BCUT2D eigenvalue weighted by atomic mass is 32.3. The van der Waals surface area contributed by atoms with Crippen molar-refractivity contribution in [3.8, 4) is 11.8 Å². The number of phenolic OH excluding ortho intramolecular Hbond substituents is 1. The Hall–Kier alpha value is -3.07. The molecule has 1 aromatic carbocycles. The number of nitriles is 1. The number of rotatable bonds is 4. The van der Waals surface area contributed by atoms with Gasteiger partial charge in [-0.25, -0.2) is 13.4 Å². The van der Waals surface area contributed by atoms with Crippen LogP contribution in [0.15, 0.2) is 30.6 Å². The Morgan fingerprint density at radius 2 is 2.15 bits per heavy atom. The molecule has 3 rings (SSSR count). The second-order valence-corrected chi connectivity index (χ2v) is 7.14. The van der Waals surface area contributed by atoms with E-state index in [1.165, 1.54) is 18.5 Å². The number of aromatic nitrogens is 1. The largest absolute Gasteiger partial charge is 0.506 e. The zero-order chi connectivity index (χ0) is 18.9. The highest BCUT2D eigenvalue weighted by molar-refractivity contribution is 8.24. The normalized spacial score (nSPS) is 16.7. The Morgan fingerprint density at radius 3 is 2.77 bits per heavy atom. The Bertz CT molecular complexity index is 894. The Labute approximate surface area is 149 Å². The van der Waals surface area contributed by atoms with Crippen LogP contribution in [0.25, 0.3) is 0 Å². The summed E-state index contributed by atoms with van der Waals surface area (Å²) in [7, 11) is -3.73. The fourth-order valence-electron chi connectivity index (χ4n) is 2.46. The SMILES string of the molecule is N#Cc1cncc(NCc2cc(O)c(N3CC(=O)NS3(O)O)c(F)c2)c1. The lowest BCUT2D eigenvalue weighted by molar-refractivity contribution is -0.117. The molecule has 0 saturated carbocycles. The molecule has 0 aliphatic carbocycles. The van der Waals surface area contributed by atoms with E-state index in [4.69, 9.17) is 5.26 Å². The maximum Gasteiger partial charge on any atom is 0.260 e. The predicted molar refractivity (Wildman–Crippen MR) is 92.7 cm³/mol. The van der Waals surface area contributed by atoms with Crippen molar-refractivity contribution in [1.82, 2.24) is 9.71 Å². The molecule has 5 N–H and O–H groups in total. The lowest BCUT2D eigenvalue weighted by atomic mass is 10.1. The van der Waals surface area contributed by atoms with E-state index in [-0.39, 0.29) is 6.54 Å². The first-order valence-electron chi connectivity index (χ1n) is 7.27. The zero-order valence-electron chi connectivity index (χ0n) is 13.2. The lowest BCUT2D eigenvalue weighted by Crippen LogP contribution is -2.26. The van der Waals surface area contributed by atoms with Crippen LogP contribution < -0.4 is 14.3 Å². The average Bonchev–Trinajstić information content (AvgIpc) is 2.85. The van der Waals surface area contributed by atoms with E-state index in [1.807, 2.05) is 10.8 Å². The Balaban J connectivity index is 1.81. The van der Waals surface area contributed by atoms with Gasteiger partial charge < -0.3 is 10.4 Å². The van der Waals surface area contributed by atoms with Crippen molar-refractivity contribution in [2.24, 2.45) is 0 Å². The third-order valence-electron chi connectivity index (χ3n) is 3.56. The van der Waals surface area contributed by atoms with Crippen molar-refractivity contribution in [2.75, 3.05) is 16.2 Å². The van der Waals surface area contributed by atoms with Crippen LogP contribution in [0.3, 0.4) is 0 Å². The number of phenols is 1. The summed E-state index contributed by atoms with van der Waals surface area (Å²) < 4.78 is 36.7. The van der Waals surface area contributed by atoms with E-state index in [2.05, 4.69) is 10.3 Å². The fraction of sp³-hybridized carbons (Fsp3) is 0.133. The minimum Gasteiger partial charge on any atom is -0.506 e. The third-order valence-corrected chi connectivity index (χ3v) is 4.99. The number of hydrogen-bond acceptors (Lipinski definition) is 8. The summed E-state index contributed by atoms with van der Waals surface area (Å²) in [6, 6.07) is 5.85. The molecule has 136 valence electrons. The molecule has 1 fully saturated rings. The average molecular weight is 379 g/mol. The van der Waals surface area contributed by atoms with Crippen molar-refractivity contribution in [1.29, 1.82) is 5.26 Å². The molecule has 0 unspecified atom stereocenters. The van der Waals surface area contributed by atoms with E-state index < -0.39 is 40.7 Å².